The van der Waals surface area contributed by atoms with Crippen molar-refractivity contribution < 1.29 is 34.5 Å². The fraction of sp³-hybridized carbons (Fsp3) is 0.600. The van der Waals surface area contributed by atoms with Crippen LogP contribution in [0.15, 0.2) is 29.2 Å². The molecule has 0 aromatic heterocycles. The summed E-state index contributed by atoms with van der Waals surface area (Å²) in [6.07, 6.45) is -15.9. The Balaban J connectivity index is 3.08. The monoisotopic (exact) mass is 300 g/mol. The zero-order chi connectivity index (χ0) is 30.6. The molecule has 0 aliphatic carbocycles. The van der Waals surface area contributed by atoms with Crippen molar-refractivity contribution in [1.82, 2.24) is 4.90 Å². The summed E-state index contributed by atoms with van der Waals surface area (Å²) < 4.78 is 176. The van der Waals surface area contributed by atoms with Gasteiger partial charge in [0.25, 0.3) is 0 Å². The molecule has 0 bridgehead atoms. The molecule has 1 aliphatic rings. The number of likely N-dealkylation sites (tertiary alicyclic amines) is 1. The maximum absolute atomic E-state index is 12.5. The molecule has 106 valence electrons. The molecule has 0 N–H and O–H groups in total. The number of nitrogens with zero attached hydrogens (tertiary/aromatic N) is 1. The smallest absolute Gasteiger partial charge is 0.175 e. The van der Waals surface area contributed by atoms with Crippen LogP contribution in [0.2, 0.25) is 0 Å². The zero-order valence-electron chi connectivity index (χ0n) is 28.5. The molecule has 0 radical (unpaired) electrons. The maximum atomic E-state index is 12.5. The second-order valence-corrected chi connectivity index (χ2v) is 4.93. The molecular formula is C15H23NO2S. The van der Waals surface area contributed by atoms with Crippen molar-refractivity contribution >= 4 is 9.84 Å². The number of rotatable bonds is 4. The van der Waals surface area contributed by atoms with Crippen molar-refractivity contribution in [3.05, 3.63) is 29.8 Å². The first-order valence-electron chi connectivity index (χ1n) is 14.5. The third kappa shape index (κ3) is 3.80. The molecule has 1 saturated heterocycles. The van der Waals surface area contributed by atoms with Gasteiger partial charge in [-0.05, 0) is 55.7 Å². The Kier molecular flexibility index (Phi) is 1.17. The van der Waals surface area contributed by atoms with Crippen LogP contribution in [0.1, 0.15) is 63.5 Å². The second-order valence-electron chi connectivity index (χ2n) is 3.45. The molecule has 1 aromatic rings. The summed E-state index contributed by atoms with van der Waals surface area (Å²) in [4.78, 5) is -1.91. The van der Waals surface area contributed by atoms with Crippen LogP contribution < -0.4 is 0 Å². The highest BCUT2D eigenvalue weighted by molar-refractivity contribution is 7.90. The number of benzene rings is 1. The third-order valence-corrected chi connectivity index (χ3v) is 3.05. The molecule has 1 aromatic carbocycles. The zero-order valence-corrected chi connectivity index (χ0v) is 10.3. The van der Waals surface area contributed by atoms with Gasteiger partial charge in [-0.1, -0.05) is 19.0 Å². The average molecular weight is 301 g/mol. The quantitative estimate of drug-likeness (QED) is 0.858. The van der Waals surface area contributed by atoms with Gasteiger partial charge in [0, 0.05) is 38.7 Å². The summed E-state index contributed by atoms with van der Waals surface area (Å²) in [7, 11) is -5.19. The lowest BCUT2D eigenvalue weighted by Gasteiger charge is -2.32. The van der Waals surface area contributed by atoms with E-state index >= 15 is 0 Å². The molecule has 1 atom stereocenters. The summed E-state index contributed by atoms with van der Waals surface area (Å²) in [6.45, 7) is -16.5. The van der Waals surface area contributed by atoms with Gasteiger partial charge in [0.1, 0.15) is 0 Å². The van der Waals surface area contributed by atoms with Gasteiger partial charge in [0.15, 0.2) is 9.84 Å². The minimum Gasteiger partial charge on any atom is -0.303 e. The minimum absolute atomic E-state index is 0.341. The summed E-state index contributed by atoms with van der Waals surface area (Å²) in [5.41, 5.74) is -1.08. The minimum atomic E-state index is -5.19. The first kappa shape index (κ1) is 3.66. The second kappa shape index (κ2) is 6.06. The highest BCUT2D eigenvalue weighted by Crippen LogP contribution is 2.28. The number of piperidine rings is 1. The van der Waals surface area contributed by atoms with Crippen LogP contribution in [0.4, 0.5) is 0 Å². The average Bonchev–Trinajstić information content (AvgIpc) is 2.69. The number of hydrogen-bond acceptors (Lipinski definition) is 3. The topological polar surface area (TPSA) is 37.4 Å². The SMILES string of the molecule is [2H]C([2H])([2H])C([2H])([2H])C([2H])([2H])N1C([2H])([2H])C([2H])([2H])C([2H])([2H])[C@@]([2H])(c2cccc(S(=O)(=O)C([2H])([2H])[2H])c2)C1([2H])[2H]. The van der Waals surface area contributed by atoms with Gasteiger partial charge >= 0.3 is 0 Å². The molecule has 0 saturated carbocycles. The molecule has 4 heteroatoms. The van der Waals surface area contributed by atoms with E-state index in [1.54, 1.807) is 0 Å². The van der Waals surface area contributed by atoms with E-state index in [9.17, 15) is 8.42 Å². The molecule has 1 heterocycles. The van der Waals surface area contributed by atoms with E-state index in [1.807, 2.05) is 0 Å². The van der Waals surface area contributed by atoms with E-state index in [-0.39, 0.29) is 0 Å². The molecule has 0 spiro atoms. The Labute approximate surface area is 143 Å². The molecule has 3 nitrogen and oxygen atoms in total. The Bertz CT molecular complexity index is 1200. The molecule has 2 rings (SSSR count). The summed E-state index contributed by atoms with van der Waals surface area (Å²) in [5.74, 6) is -3.85. The number of sulfone groups is 1. The van der Waals surface area contributed by atoms with Crippen LogP contribution in [-0.4, -0.2) is 39.0 Å². The Morgan fingerprint density at radius 3 is 3.32 bits per heavy atom. The fourth-order valence-corrected chi connectivity index (χ4v) is 1.92. The lowest BCUT2D eigenvalue weighted by Crippen LogP contribution is -2.34. The number of hydrogen-bond donors (Lipinski definition) is 0. The highest BCUT2D eigenvalue weighted by Gasteiger charge is 2.21. The standard InChI is InChI=1S/C15H23NO2S/c1-3-9-16-10-5-7-14(12-16)13-6-4-8-15(11-13)19(2,17)18/h4,6,8,11,14H,3,5,7,9-10,12H2,1-2H3/t14-/m1/s1/i1D3,2D3,3D2,5D2,7D2,9D2,10D2,12D2,14D. The lowest BCUT2D eigenvalue weighted by molar-refractivity contribution is 0.208. The molecular weight excluding hydrogens is 258 g/mol. The van der Waals surface area contributed by atoms with Gasteiger partial charge in [0.2, 0.25) is 0 Å². The van der Waals surface area contributed by atoms with Crippen LogP contribution in [0.5, 0.6) is 0 Å². The predicted octanol–water partition coefficient (Wildman–Crippen LogP) is 2.68. The normalized spacial score (nSPS) is 53.6. The largest absolute Gasteiger partial charge is 0.303 e. The molecule has 0 unspecified atom stereocenters. The van der Waals surface area contributed by atoms with Gasteiger partial charge in [-0.25, -0.2) is 8.42 Å². The van der Waals surface area contributed by atoms with E-state index in [2.05, 4.69) is 0 Å². The van der Waals surface area contributed by atoms with Gasteiger partial charge < -0.3 is 4.90 Å². The molecule has 19 heavy (non-hydrogen) atoms. The van der Waals surface area contributed by atoms with Crippen LogP contribution in [-0.2, 0) is 9.84 Å². The third-order valence-electron chi connectivity index (χ3n) is 2.18. The van der Waals surface area contributed by atoms with Gasteiger partial charge in [-0.2, -0.15) is 0 Å². The Morgan fingerprint density at radius 1 is 1.63 bits per heavy atom. The molecule has 0 amide bonds. The summed E-state index contributed by atoms with van der Waals surface area (Å²) >= 11 is 0. The van der Waals surface area contributed by atoms with Crippen LogP contribution in [0.3, 0.4) is 0 Å². The Morgan fingerprint density at radius 2 is 2.53 bits per heavy atom. The summed E-state index contributed by atoms with van der Waals surface area (Å²) in [6, 6.07) is 2.52. The van der Waals surface area contributed by atoms with Gasteiger partial charge in [0.05, 0.1) is 4.90 Å². The highest BCUT2D eigenvalue weighted by atomic mass is 32.2. The van der Waals surface area contributed by atoms with Crippen molar-refractivity contribution in [3.8, 4) is 0 Å². The van der Waals surface area contributed by atoms with E-state index in [0.717, 1.165) is 6.07 Å². The fourth-order valence-electron chi connectivity index (χ4n) is 1.38. The lowest BCUT2D eigenvalue weighted by atomic mass is 9.90. The Hall–Kier alpha value is -0.870. The van der Waals surface area contributed by atoms with Gasteiger partial charge in [-0.3, -0.25) is 0 Å². The van der Waals surface area contributed by atoms with Crippen LogP contribution in [0, 0.1) is 0 Å². The first-order chi connectivity index (χ1) is 16.3. The van der Waals surface area contributed by atoms with E-state index in [0.29, 0.717) is 18.2 Å². The van der Waals surface area contributed by atoms with Gasteiger partial charge in [-0.15, -0.1) is 0 Å². The van der Waals surface area contributed by atoms with E-state index < -0.39 is 82.7 Å². The van der Waals surface area contributed by atoms with Crippen molar-refractivity contribution in [2.24, 2.45) is 0 Å². The van der Waals surface area contributed by atoms with Crippen molar-refractivity contribution in [2.45, 2.75) is 36.8 Å². The van der Waals surface area contributed by atoms with Crippen LogP contribution >= 0.6 is 0 Å². The van der Waals surface area contributed by atoms with Crippen molar-refractivity contribution in [3.63, 3.8) is 0 Å². The summed E-state index contributed by atoms with van der Waals surface area (Å²) in [5, 5.41) is 0. The van der Waals surface area contributed by atoms with Crippen molar-refractivity contribution in [1.29, 1.82) is 0 Å². The van der Waals surface area contributed by atoms with E-state index in [4.69, 9.17) is 26.0 Å². The first-order valence-corrected chi connectivity index (χ1v) is 6.47. The van der Waals surface area contributed by atoms with Crippen molar-refractivity contribution in [2.75, 3.05) is 25.7 Å². The predicted molar refractivity (Wildman–Crippen MR) is 78.3 cm³/mol. The molecule has 1 aliphatic heterocycles. The molecule has 1 fully saturated rings. The maximum Gasteiger partial charge on any atom is 0.175 e. The van der Waals surface area contributed by atoms with E-state index in [1.165, 1.54) is 0 Å². The van der Waals surface area contributed by atoms with Crippen LogP contribution in [0.25, 0.3) is 0 Å².